The Morgan fingerprint density at radius 2 is 1.10 bits per heavy atom. The molecule has 0 bridgehead atoms. The molecule has 5 atom stereocenters. The summed E-state index contributed by atoms with van der Waals surface area (Å²) in [6.45, 7) is 0.626. The second-order valence-corrected chi connectivity index (χ2v) is 11.0. The molecule has 3 aromatic rings. The molecule has 0 aliphatic carbocycles. The Labute approximate surface area is 235 Å². The summed E-state index contributed by atoms with van der Waals surface area (Å²) in [7, 11) is -4.45. The second-order valence-electron chi connectivity index (χ2n) is 9.52. The Morgan fingerprint density at radius 3 is 1.55 bits per heavy atom. The van der Waals surface area contributed by atoms with Crippen LogP contribution in [-0.4, -0.2) is 67.7 Å². The molecule has 40 heavy (non-hydrogen) atoms. The van der Waals surface area contributed by atoms with Crippen molar-refractivity contribution in [3.63, 3.8) is 0 Å². The van der Waals surface area contributed by atoms with Gasteiger partial charge in [-0.15, -0.1) is 0 Å². The molecule has 1 aliphatic rings. The van der Waals surface area contributed by atoms with Gasteiger partial charge in [0, 0.05) is 6.61 Å². The minimum Gasteiger partial charge on any atom is -0.396 e. The van der Waals surface area contributed by atoms with Gasteiger partial charge in [0.15, 0.2) is 6.29 Å². The maximum absolute atomic E-state index is 12.0. The molecule has 1 heterocycles. The molecule has 1 fully saturated rings. The predicted octanol–water partition coefficient (Wildman–Crippen LogP) is 3.75. The smallest absolute Gasteiger partial charge is 0.267 e. The molecule has 0 amide bonds. The highest BCUT2D eigenvalue weighted by Crippen LogP contribution is 2.32. The maximum Gasteiger partial charge on any atom is 0.267 e. The largest absolute Gasteiger partial charge is 0.396 e. The van der Waals surface area contributed by atoms with Crippen LogP contribution in [0.5, 0.6) is 0 Å². The molecule has 0 aromatic heterocycles. The van der Waals surface area contributed by atoms with Gasteiger partial charge in [0.1, 0.15) is 30.2 Å². The van der Waals surface area contributed by atoms with Crippen molar-refractivity contribution in [1.29, 1.82) is 0 Å². The molecule has 0 unspecified atom stereocenters. The number of aliphatic hydroxyl groups is 1. The van der Waals surface area contributed by atoms with Crippen molar-refractivity contribution in [2.45, 2.75) is 56.9 Å². The van der Waals surface area contributed by atoms with Gasteiger partial charge in [0.2, 0.25) is 0 Å². The van der Waals surface area contributed by atoms with E-state index in [2.05, 4.69) is 0 Å². The first-order chi connectivity index (χ1) is 19.4. The van der Waals surface area contributed by atoms with E-state index >= 15 is 0 Å². The molecular weight excluding hydrogens is 536 g/mol. The van der Waals surface area contributed by atoms with Crippen LogP contribution in [0.2, 0.25) is 0 Å². The molecule has 10 heteroatoms. The van der Waals surface area contributed by atoms with Crippen molar-refractivity contribution in [1.82, 2.24) is 0 Å². The number of rotatable bonds is 15. The van der Waals surface area contributed by atoms with Crippen LogP contribution >= 0.6 is 0 Å². The third-order valence-corrected chi connectivity index (χ3v) is 7.16. The summed E-state index contributed by atoms with van der Waals surface area (Å²) in [5.41, 5.74) is 2.69. The quantitative estimate of drug-likeness (QED) is 0.207. The third kappa shape index (κ3) is 9.46. The van der Waals surface area contributed by atoms with E-state index in [1.165, 1.54) is 0 Å². The van der Waals surface area contributed by atoms with Crippen LogP contribution in [0.25, 0.3) is 0 Å². The monoisotopic (exact) mass is 572 g/mol. The highest BCUT2D eigenvalue weighted by Gasteiger charge is 2.50. The van der Waals surface area contributed by atoms with E-state index in [4.69, 9.17) is 23.7 Å². The van der Waals surface area contributed by atoms with Crippen LogP contribution in [-0.2, 0) is 53.6 Å². The maximum atomic E-state index is 12.0. The number of hydrogen-bond donors (Lipinski definition) is 2. The lowest BCUT2D eigenvalue weighted by molar-refractivity contribution is -0.319. The van der Waals surface area contributed by atoms with Crippen LogP contribution in [0.3, 0.4) is 0 Å². The lowest BCUT2D eigenvalue weighted by Crippen LogP contribution is -2.62. The Kier molecular flexibility index (Phi) is 11.6. The van der Waals surface area contributed by atoms with E-state index in [1.54, 1.807) is 0 Å². The zero-order valence-electron chi connectivity index (χ0n) is 22.2. The van der Waals surface area contributed by atoms with Gasteiger partial charge in [-0.2, -0.15) is 8.42 Å². The molecule has 2 N–H and O–H groups in total. The van der Waals surface area contributed by atoms with Gasteiger partial charge in [-0.05, 0) is 23.1 Å². The first kappa shape index (κ1) is 30.3. The summed E-state index contributed by atoms with van der Waals surface area (Å²) >= 11 is 0. The van der Waals surface area contributed by atoms with Crippen molar-refractivity contribution in [3.8, 4) is 0 Å². The van der Waals surface area contributed by atoms with Gasteiger partial charge in [0.25, 0.3) is 10.1 Å². The first-order valence-corrected chi connectivity index (χ1v) is 14.8. The third-order valence-electron chi connectivity index (χ3n) is 6.41. The zero-order chi connectivity index (χ0) is 28.2. The Balaban J connectivity index is 1.66. The van der Waals surface area contributed by atoms with Crippen molar-refractivity contribution >= 4 is 10.1 Å². The van der Waals surface area contributed by atoms with Gasteiger partial charge in [-0.25, -0.2) is 0 Å². The molecule has 0 spiro atoms. The summed E-state index contributed by atoms with van der Waals surface area (Å²) in [5.74, 6) is -0.719. The van der Waals surface area contributed by atoms with E-state index in [9.17, 15) is 18.1 Å². The normalized spacial score (nSPS) is 23.2. The van der Waals surface area contributed by atoms with Crippen LogP contribution < -0.4 is 0 Å². The Bertz CT molecular complexity index is 1230. The van der Waals surface area contributed by atoms with Crippen molar-refractivity contribution in [3.05, 3.63) is 108 Å². The Morgan fingerprint density at radius 1 is 0.650 bits per heavy atom. The van der Waals surface area contributed by atoms with E-state index in [1.807, 2.05) is 91.0 Å². The van der Waals surface area contributed by atoms with E-state index in [-0.39, 0.29) is 33.0 Å². The molecule has 1 aliphatic heterocycles. The number of ether oxygens (including phenoxy) is 5. The fourth-order valence-electron chi connectivity index (χ4n) is 4.49. The molecule has 9 nitrogen and oxygen atoms in total. The fourth-order valence-corrected chi connectivity index (χ4v) is 5.17. The van der Waals surface area contributed by atoms with Gasteiger partial charge < -0.3 is 28.8 Å². The van der Waals surface area contributed by atoms with E-state index in [0.29, 0.717) is 6.42 Å². The standard InChI is InChI=1S/C30H36O9S/c31-17-10-18-35-30-29(38-21-25-15-8-3-9-16-25)28(37-20-24-13-6-2-7-14-24)27(26(39-30)22-40(32,33)34)36-19-23-11-4-1-5-12-23/h1-9,11-16,26-31H,10,17-22H2,(H,32,33,34)/t26-,27-,28+,29-,30+/m1/s1. The molecule has 216 valence electrons. The molecule has 4 rings (SSSR count). The SMILES string of the molecule is O=S(=O)(O)C[C@H]1O[C@H](OCCCO)[C@H](OCc2ccccc2)[C@@H](OCc2ccccc2)[C@@H]1OCc1ccccc1. The van der Waals surface area contributed by atoms with Crippen molar-refractivity contribution < 1.29 is 41.8 Å². The number of hydrogen-bond acceptors (Lipinski definition) is 8. The highest BCUT2D eigenvalue weighted by molar-refractivity contribution is 7.85. The summed E-state index contributed by atoms with van der Waals surface area (Å²) in [4.78, 5) is 0. The minimum absolute atomic E-state index is 0.0898. The van der Waals surface area contributed by atoms with E-state index in [0.717, 1.165) is 16.7 Å². The van der Waals surface area contributed by atoms with Gasteiger partial charge in [0.05, 0.1) is 26.4 Å². The average molecular weight is 573 g/mol. The summed E-state index contributed by atoms with van der Waals surface area (Å²) in [6.07, 6.45) is -4.38. The second kappa shape index (κ2) is 15.4. The lowest BCUT2D eigenvalue weighted by atomic mass is 9.98. The Hall–Kier alpha value is -2.67. The fraction of sp³-hybridized carbons (Fsp3) is 0.400. The molecule has 0 radical (unpaired) electrons. The molecule has 0 saturated carbocycles. The summed E-state index contributed by atoms with van der Waals surface area (Å²) < 4.78 is 65.0. The van der Waals surface area contributed by atoms with E-state index < -0.39 is 46.6 Å². The molecule has 1 saturated heterocycles. The lowest BCUT2D eigenvalue weighted by Gasteiger charge is -2.45. The van der Waals surface area contributed by atoms with Crippen molar-refractivity contribution in [2.24, 2.45) is 0 Å². The molecule has 3 aromatic carbocycles. The van der Waals surface area contributed by atoms with Gasteiger partial charge >= 0.3 is 0 Å². The van der Waals surface area contributed by atoms with Gasteiger partial charge in [-0.3, -0.25) is 4.55 Å². The van der Waals surface area contributed by atoms with Gasteiger partial charge in [-0.1, -0.05) is 91.0 Å². The predicted molar refractivity (Wildman–Crippen MR) is 148 cm³/mol. The topological polar surface area (TPSA) is 121 Å². The number of aliphatic hydroxyl groups excluding tert-OH is 1. The zero-order valence-corrected chi connectivity index (χ0v) is 23.0. The average Bonchev–Trinajstić information content (AvgIpc) is 2.96. The number of benzene rings is 3. The minimum atomic E-state index is -4.45. The highest BCUT2D eigenvalue weighted by atomic mass is 32.2. The van der Waals surface area contributed by atoms with Crippen molar-refractivity contribution in [2.75, 3.05) is 19.0 Å². The first-order valence-electron chi connectivity index (χ1n) is 13.2. The van der Waals surface area contributed by atoms with Crippen LogP contribution in [0.4, 0.5) is 0 Å². The summed E-state index contributed by atoms with van der Waals surface area (Å²) in [5, 5.41) is 9.29. The van der Waals surface area contributed by atoms with Crippen LogP contribution in [0, 0.1) is 0 Å². The van der Waals surface area contributed by atoms with Crippen LogP contribution in [0.15, 0.2) is 91.0 Å². The summed E-state index contributed by atoms with van der Waals surface area (Å²) in [6, 6.07) is 28.6. The molecular formula is C30H36O9S. The van der Waals surface area contributed by atoms with Crippen LogP contribution in [0.1, 0.15) is 23.1 Å².